The molecule has 6 heteroatoms. The lowest BCUT2D eigenvalue weighted by molar-refractivity contribution is -0.146. The summed E-state index contributed by atoms with van der Waals surface area (Å²) in [7, 11) is 0. The number of esters is 1. The van der Waals surface area contributed by atoms with Gasteiger partial charge in [-0.05, 0) is 19.4 Å². The lowest BCUT2D eigenvalue weighted by Gasteiger charge is -2.23. The van der Waals surface area contributed by atoms with E-state index >= 15 is 0 Å². The Morgan fingerprint density at radius 3 is 2.67 bits per heavy atom. The van der Waals surface area contributed by atoms with Crippen LogP contribution < -0.4 is 0 Å². The van der Waals surface area contributed by atoms with E-state index in [9.17, 15) is 9.59 Å². The van der Waals surface area contributed by atoms with Crippen LogP contribution in [0.5, 0.6) is 0 Å². The molecule has 0 aromatic heterocycles. The Labute approximate surface area is 142 Å². The molecule has 1 aliphatic rings. The predicted octanol–water partition coefficient (Wildman–Crippen LogP) is 2.37. The fourth-order valence-electron chi connectivity index (χ4n) is 2.58. The van der Waals surface area contributed by atoms with E-state index in [2.05, 4.69) is 5.16 Å². The van der Waals surface area contributed by atoms with Crippen molar-refractivity contribution in [2.45, 2.75) is 39.2 Å². The number of hydrogen-bond acceptors (Lipinski definition) is 5. The van der Waals surface area contributed by atoms with Gasteiger partial charge in [-0.2, -0.15) is 0 Å². The van der Waals surface area contributed by atoms with Gasteiger partial charge >= 0.3 is 5.97 Å². The highest BCUT2D eigenvalue weighted by atomic mass is 16.6. The molecule has 0 spiro atoms. The summed E-state index contributed by atoms with van der Waals surface area (Å²) in [6, 6.07) is 9.86. The highest BCUT2D eigenvalue weighted by Gasteiger charge is 2.26. The van der Waals surface area contributed by atoms with E-state index in [-0.39, 0.29) is 30.8 Å². The molecule has 0 fully saturated rings. The molecule has 0 N–H and O–H groups in total. The molecule has 1 heterocycles. The monoisotopic (exact) mass is 332 g/mol. The van der Waals surface area contributed by atoms with E-state index in [0.717, 1.165) is 11.3 Å². The second-order valence-electron chi connectivity index (χ2n) is 5.57. The third-order valence-corrected chi connectivity index (χ3v) is 3.85. The Morgan fingerprint density at radius 2 is 2.00 bits per heavy atom. The average molecular weight is 332 g/mol. The molecule has 1 aromatic carbocycles. The average Bonchev–Trinajstić information content (AvgIpc) is 3.07. The lowest BCUT2D eigenvalue weighted by Crippen LogP contribution is -2.37. The molecule has 1 amide bonds. The Balaban J connectivity index is 1.81. The van der Waals surface area contributed by atoms with Gasteiger partial charge < -0.3 is 14.5 Å². The second kappa shape index (κ2) is 9.05. The Bertz CT molecular complexity index is 586. The highest BCUT2D eigenvalue weighted by Crippen LogP contribution is 2.18. The zero-order valence-corrected chi connectivity index (χ0v) is 14.2. The first kappa shape index (κ1) is 18.0. The highest BCUT2D eigenvalue weighted by molar-refractivity contribution is 6.01. The van der Waals surface area contributed by atoms with Crippen LogP contribution >= 0.6 is 0 Å². The first-order valence-corrected chi connectivity index (χ1v) is 8.35. The van der Waals surface area contributed by atoms with Gasteiger partial charge in [-0.25, -0.2) is 0 Å². The molecule has 6 nitrogen and oxygen atoms in total. The van der Waals surface area contributed by atoms with Crippen LogP contribution in [0.1, 0.15) is 38.7 Å². The van der Waals surface area contributed by atoms with Gasteiger partial charge in [-0.15, -0.1) is 0 Å². The van der Waals surface area contributed by atoms with Gasteiger partial charge in [0, 0.05) is 19.4 Å². The number of carbonyl (C=O) groups excluding carboxylic acids is 2. The van der Waals surface area contributed by atoms with Gasteiger partial charge in [0.2, 0.25) is 5.91 Å². The van der Waals surface area contributed by atoms with Gasteiger partial charge in [0.15, 0.2) is 6.10 Å². The van der Waals surface area contributed by atoms with E-state index in [1.54, 1.807) is 11.8 Å². The molecule has 0 saturated carbocycles. The van der Waals surface area contributed by atoms with Crippen molar-refractivity contribution in [1.29, 1.82) is 0 Å². The number of ether oxygens (including phenoxy) is 1. The number of likely N-dealkylation sites (N-methyl/N-ethyl adjacent to an activating group) is 1. The number of hydrogen-bond donors (Lipinski definition) is 0. The van der Waals surface area contributed by atoms with Gasteiger partial charge in [0.1, 0.15) is 0 Å². The van der Waals surface area contributed by atoms with Crippen molar-refractivity contribution in [3.8, 4) is 0 Å². The summed E-state index contributed by atoms with van der Waals surface area (Å²) >= 11 is 0. The van der Waals surface area contributed by atoms with Crippen LogP contribution in [0.4, 0.5) is 0 Å². The standard InChI is InChI=1S/C18H24N2O4/c1-3-20(17(21)10-11-18(22)23-4-2)13-15-12-16(19-24-15)14-8-6-5-7-9-14/h5-9,15H,3-4,10-13H2,1-2H3. The quantitative estimate of drug-likeness (QED) is 0.685. The minimum absolute atomic E-state index is 0.0673. The van der Waals surface area contributed by atoms with Gasteiger partial charge in [-0.3, -0.25) is 9.59 Å². The fourth-order valence-corrected chi connectivity index (χ4v) is 2.58. The third-order valence-electron chi connectivity index (χ3n) is 3.85. The largest absolute Gasteiger partial charge is 0.466 e. The SMILES string of the molecule is CCOC(=O)CCC(=O)N(CC)CC1CC(c2ccccc2)=NO1. The lowest BCUT2D eigenvalue weighted by atomic mass is 10.0. The predicted molar refractivity (Wildman–Crippen MR) is 90.6 cm³/mol. The normalized spacial score (nSPS) is 16.2. The first-order chi connectivity index (χ1) is 11.6. The second-order valence-corrected chi connectivity index (χ2v) is 5.57. The summed E-state index contributed by atoms with van der Waals surface area (Å²) < 4.78 is 4.85. The molecule has 1 aromatic rings. The van der Waals surface area contributed by atoms with Crippen LogP contribution in [0.25, 0.3) is 0 Å². The molecule has 0 aliphatic carbocycles. The summed E-state index contributed by atoms with van der Waals surface area (Å²) in [5, 5.41) is 4.14. The molecule has 1 atom stereocenters. The number of rotatable bonds is 8. The molecule has 0 bridgehead atoms. The van der Waals surface area contributed by atoms with Crippen molar-refractivity contribution in [2.24, 2.45) is 5.16 Å². The number of oxime groups is 1. The molecular formula is C18H24N2O4. The van der Waals surface area contributed by atoms with Crippen LogP contribution in [0, 0.1) is 0 Å². The molecule has 1 aliphatic heterocycles. The number of benzene rings is 1. The zero-order valence-electron chi connectivity index (χ0n) is 14.2. The smallest absolute Gasteiger partial charge is 0.306 e. The summed E-state index contributed by atoms with van der Waals surface area (Å²) in [5.41, 5.74) is 1.94. The van der Waals surface area contributed by atoms with E-state index in [0.29, 0.717) is 26.1 Å². The molecule has 0 radical (unpaired) electrons. The van der Waals surface area contributed by atoms with E-state index in [4.69, 9.17) is 9.57 Å². The molecular weight excluding hydrogens is 308 g/mol. The van der Waals surface area contributed by atoms with Gasteiger partial charge in [-0.1, -0.05) is 35.5 Å². The topological polar surface area (TPSA) is 68.2 Å². The Morgan fingerprint density at radius 1 is 1.25 bits per heavy atom. The van der Waals surface area contributed by atoms with Gasteiger partial charge in [0.25, 0.3) is 0 Å². The molecule has 0 saturated heterocycles. The zero-order chi connectivity index (χ0) is 17.4. The van der Waals surface area contributed by atoms with Crippen molar-refractivity contribution < 1.29 is 19.2 Å². The summed E-state index contributed by atoms with van der Waals surface area (Å²) in [5.74, 6) is -0.406. The molecule has 2 rings (SSSR count). The van der Waals surface area contributed by atoms with E-state index in [1.807, 2.05) is 37.3 Å². The van der Waals surface area contributed by atoms with Crippen molar-refractivity contribution in [2.75, 3.05) is 19.7 Å². The van der Waals surface area contributed by atoms with Crippen LogP contribution in [0.3, 0.4) is 0 Å². The summed E-state index contributed by atoms with van der Waals surface area (Å²) in [6.45, 7) is 5.04. The molecule has 24 heavy (non-hydrogen) atoms. The van der Waals surface area contributed by atoms with Gasteiger partial charge in [0.05, 0.1) is 25.3 Å². The van der Waals surface area contributed by atoms with Crippen LogP contribution in [-0.4, -0.2) is 48.3 Å². The van der Waals surface area contributed by atoms with Crippen LogP contribution in [0.15, 0.2) is 35.5 Å². The Hall–Kier alpha value is -2.37. The maximum Gasteiger partial charge on any atom is 0.306 e. The molecule has 130 valence electrons. The summed E-state index contributed by atoms with van der Waals surface area (Å²) in [4.78, 5) is 30.8. The van der Waals surface area contributed by atoms with Crippen molar-refractivity contribution in [3.05, 3.63) is 35.9 Å². The number of amides is 1. The van der Waals surface area contributed by atoms with E-state index in [1.165, 1.54) is 0 Å². The van der Waals surface area contributed by atoms with Crippen LogP contribution in [0.2, 0.25) is 0 Å². The minimum Gasteiger partial charge on any atom is -0.466 e. The van der Waals surface area contributed by atoms with Crippen molar-refractivity contribution in [1.82, 2.24) is 4.90 Å². The molecule has 1 unspecified atom stereocenters. The fraction of sp³-hybridized carbons (Fsp3) is 0.500. The van der Waals surface area contributed by atoms with Crippen LogP contribution in [-0.2, 0) is 19.2 Å². The maximum atomic E-state index is 12.2. The number of carbonyl (C=O) groups is 2. The third kappa shape index (κ3) is 5.08. The first-order valence-electron chi connectivity index (χ1n) is 8.35. The number of nitrogens with zero attached hydrogens (tertiary/aromatic N) is 2. The summed E-state index contributed by atoms with van der Waals surface area (Å²) in [6.07, 6.45) is 0.796. The van der Waals surface area contributed by atoms with E-state index < -0.39 is 0 Å². The van der Waals surface area contributed by atoms with Crippen molar-refractivity contribution in [3.63, 3.8) is 0 Å². The minimum atomic E-state index is -0.339. The van der Waals surface area contributed by atoms with Crippen molar-refractivity contribution >= 4 is 17.6 Å². The maximum absolute atomic E-state index is 12.2. The Kier molecular flexibility index (Phi) is 6.78.